The number of hydrogen-bond acceptors (Lipinski definition) is 3. The van der Waals surface area contributed by atoms with Crippen LogP contribution >= 0.6 is 0 Å². The summed E-state index contributed by atoms with van der Waals surface area (Å²) >= 11 is 0. The highest BCUT2D eigenvalue weighted by Gasteiger charge is 2.66. The average Bonchev–Trinajstić information content (AvgIpc) is 3.10. The summed E-state index contributed by atoms with van der Waals surface area (Å²) in [5.41, 5.74) is 0.477. The number of aliphatic carboxylic acids is 1. The smallest absolute Gasteiger partial charge is 0.307 e. The normalized spacial score (nSPS) is 26.0. The number of carboxylic acid groups (broad SMARTS) is 1. The van der Waals surface area contributed by atoms with E-state index in [0.717, 1.165) is 5.69 Å². The fourth-order valence-corrected chi connectivity index (χ4v) is 3.59. The number of hydrogen-bond donors (Lipinski definition) is 1. The van der Waals surface area contributed by atoms with E-state index < -0.39 is 23.2 Å². The Morgan fingerprint density at radius 2 is 1.65 bits per heavy atom. The van der Waals surface area contributed by atoms with Crippen LogP contribution in [0.25, 0.3) is 0 Å². The van der Waals surface area contributed by atoms with E-state index in [1.54, 1.807) is 17.0 Å². The highest BCUT2D eigenvalue weighted by Crippen LogP contribution is 2.59. The third-order valence-electron chi connectivity index (χ3n) is 5.14. The summed E-state index contributed by atoms with van der Waals surface area (Å²) in [6.07, 6.45) is 0. The van der Waals surface area contributed by atoms with Crippen LogP contribution in [0.1, 0.15) is 13.8 Å². The Kier molecular flexibility index (Phi) is 3.78. The van der Waals surface area contributed by atoms with Crippen LogP contribution in [-0.4, -0.2) is 48.1 Å². The van der Waals surface area contributed by atoms with Crippen LogP contribution in [-0.2, 0) is 9.59 Å². The number of rotatable bonds is 3. The van der Waals surface area contributed by atoms with Gasteiger partial charge in [0, 0.05) is 31.9 Å². The van der Waals surface area contributed by atoms with E-state index in [9.17, 15) is 19.1 Å². The molecule has 0 aromatic heterocycles. The molecule has 0 bridgehead atoms. The quantitative estimate of drug-likeness (QED) is 0.923. The Bertz CT molecular complexity index is 621. The van der Waals surface area contributed by atoms with Gasteiger partial charge in [0.1, 0.15) is 5.82 Å². The molecule has 1 aliphatic carbocycles. The van der Waals surface area contributed by atoms with Crippen molar-refractivity contribution in [1.82, 2.24) is 4.90 Å². The van der Waals surface area contributed by atoms with Gasteiger partial charge in [0.2, 0.25) is 5.91 Å². The minimum Gasteiger partial charge on any atom is -0.481 e. The standard InChI is InChI=1S/C17H21FN2O3/c1-17(2)13(14(17)16(22)23)15(21)20-9-7-19(8-10-20)12-5-3-11(18)4-6-12/h3-6,13-14H,7-10H2,1-2H3,(H,22,23)/t13-,14+/m0/s1. The van der Waals surface area contributed by atoms with Gasteiger partial charge in [-0.25, -0.2) is 4.39 Å². The Morgan fingerprint density at radius 3 is 2.13 bits per heavy atom. The predicted octanol–water partition coefficient (Wildman–Crippen LogP) is 1.83. The third kappa shape index (κ3) is 2.78. The van der Waals surface area contributed by atoms with Gasteiger partial charge < -0.3 is 14.9 Å². The predicted molar refractivity (Wildman–Crippen MR) is 83.6 cm³/mol. The SMILES string of the molecule is CC1(C)[C@H](C(=O)N2CCN(c3ccc(F)cc3)CC2)[C@@H]1C(=O)O. The van der Waals surface area contributed by atoms with Gasteiger partial charge >= 0.3 is 5.97 Å². The second-order valence-electron chi connectivity index (χ2n) is 6.90. The maximum absolute atomic E-state index is 13.0. The number of carbonyl (C=O) groups excluding carboxylic acids is 1. The van der Waals surface area contributed by atoms with Crippen LogP contribution in [0.2, 0.25) is 0 Å². The molecule has 1 heterocycles. The summed E-state index contributed by atoms with van der Waals surface area (Å²) in [6.45, 7) is 6.14. The monoisotopic (exact) mass is 320 g/mol. The average molecular weight is 320 g/mol. The highest BCUT2D eigenvalue weighted by atomic mass is 19.1. The summed E-state index contributed by atoms with van der Waals surface area (Å²) in [6, 6.07) is 6.32. The Labute approximate surface area is 134 Å². The van der Waals surface area contributed by atoms with Crippen molar-refractivity contribution < 1.29 is 19.1 Å². The summed E-state index contributed by atoms with van der Waals surface area (Å²) < 4.78 is 13.0. The number of anilines is 1. The van der Waals surface area contributed by atoms with Crippen LogP contribution in [0, 0.1) is 23.1 Å². The molecule has 0 radical (unpaired) electrons. The minimum absolute atomic E-state index is 0.0545. The summed E-state index contributed by atoms with van der Waals surface area (Å²) in [4.78, 5) is 27.7. The van der Waals surface area contributed by atoms with E-state index in [2.05, 4.69) is 4.90 Å². The lowest BCUT2D eigenvalue weighted by Gasteiger charge is -2.36. The molecular formula is C17H21FN2O3. The van der Waals surface area contributed by atoms with Crippen molar-refractivity contribution in [3.05, 3.63) is 30.1 Å². The Balaban J connectivity index is 1.60. The molecular weight excluding hydrogens is 299 g/mol. The zero-order valence-corrected chi connectivity index (χ0v) is 13.3. The van der Waals surface area contributed by atoms with Crippen LogP contribution < -0.4 is 4.90 Å². The maximum atomic E-state index is 13.0. The molecule has 2 aliphatic rings. The molecule has 1 saturated heterocycles. The number of halogens is 1. The second-order valence-corrected chi connectivity index (χ2v) is 6.90. The fourth-order valence-electron chi connectivity index (χ4n) is 3.59. The molecule has 6 heteroatoms. The van der Waals surface area contributed by atoms with E-state index in [-0.39, 0.29) is 11.7 Å². The number of amides is 1. The van der Waals surface area contributed by atoms with Crippen molar-refractivity contribution in [3.63, 3.8) is 0 Å². The lowest BCUT2D eigenvalue weighted by atomic mass is 10.1. The number of nitrogens with zero attached hydrogens (tertiary/aromatic N) is 2. The molecule has 2 atom stereocenters. The first-order valence-electron chi connectivity index (χ1n) is 7.84. The Morgan fingerprint density at radius 1 is 1.09 bits per heavy atom. The summed E-state index contributed by atoms with van der Waals surface area (Å²) in [7, 11) is 0. The van der Waals surface area contributed by atoms with E-state index in [0.29, 0.717) is 26.2 Å². The lowest BCUT2D eigenvalue weighted by Crippen LogP contribution is -2.49. The lowest BCUT2D eigenvalue weighted by molar-refractivity contribution is -0.142. The molecule has 23 heavy (non-hydrogen) atoms. The zero-order valence-electron chi connectivity index (χ0n) is 13.3. The van der Waals surface area contributed by atoms with E-state index >= 15 is 0 Å². The van der Waals surface area contributed by atoms with Crippen molar-refractivity contribution in [2.75, 3.05) is 31.1 Å². The molecule has 0 spiro atoms. The molecule has 2 fully saturated rings. The summed E-state index contributed by atoms with van der Waals surface area (Å²) in [5, 5.41) is 9.21. The van der Waals surface area contributed by atoms with Gasteiger partial charge in [0.25, 0.3) is 0 Å². The van der Waals surface area contributed by atoms with Crippen LogP contribution in [0.5, 0.6) is 0 Å². The zero-order chi connectivity index (χ0) is 16.8. The molecule has 124 valence electrons. The van der Waals surface area contributed by atoms with Gasteiger partial charge in [-0.1, -0.05) is 13.8 Å². The first kappa shape index (κ1) is 15.8. The summed E-state index contributed by atoms with van der Waals surface area (Å²) in [5.74, 6) is -2.21. The molecule has 3 rings (SSSR count). The van der Waals surface area contributed by atoms with Crippen LogP contribution in [0.3, 0.4) is 0 Å². The van der Waals surface area contributed by atoms with Crippen molar-refractivity contribution in [3.8, 4) is 0 Å². The highest BCUT2D eigenvalue weighted by molar-refractivity contribution is 5.91. The van der Waals surface area contributed by atoms with Crippen LogP contribution in [0.4, 0.5) is 10.1 Å². The van der Waals surface area contributed by atoms with Gasteiger partial charge in [0.15, 0.2) is 0 Å². The number of piperazine rings is 1. The van der Waals surface area contributed by atoms with Crippen molar-refractivity contribution >= 4 is 17.6 Å². The Hall–Kier alpha value is -2.11. The van der Waals surface area contributed by atoms with Crippen LogP contribution in [0.15, 0.2) is 24.3 Å². The molecule has 5 nitrogen and oxygen atoms in total. The van der Waals surface area contributed by atoms with Crippen molar-refractivity contribution in [2.45, 2.75) is 13.8 Å². The topological polar surface area (TPSA) is 60.9 Å². The minimum atomic E-state index is -0.890. The molecule has 0 unspecified atom stereocenters. The fraction of sp³-hybridized carbons (Fsp3) is 0.529. The van der Waals surface area contributed by atoms with Gasteiger partial charge in [-0.3, -0.25) is 9.59 Å². The van der Waals surface area contributed by atoms with E-state index in [1.165, 1.54) is 12.1 Å². The molecule has 1 aliphatic heterocycles. The maximum Gasteiger partial charge on any atom is 0.307 e. The van der Waals surface area contributed by atoms with Gasteiger partial charge in [-0.05, 0) is 29.7 Å². The second kappa shape index (κ2) is 5.51. The molecule has 1 aromatic rings. The van der Waals surface area contributed by atoms with E-state index in [1.807, 2.05) is 13.8 Å². The van der Waals surface area contributed by atoms with Crippen molar-refractivity contribution in [1.29, 1.82) is 0 Å². The van der Waals surface area contributed by atoms with Gasteiger partial charge in [-0.15, -0.1) is 0 Å². The van der Waals surface area contributed by atoms with E-state index in [4.69, 9.17) is 0 Å². The number of benzene rings is 1. The third-order valence-corrected chi connectivity index (χ3v) is 5.14. The molecule has 1 saturated carbocycles. The molecule has 1 N–H and O–H groups in total. The van der Waals surface area contributed by atoms with Crippen molar-refractivity contribution in [2.24, 2.45) is 17.3 Å². The number of carboxylic acids is 1. The number of carbonyl (C=O) groups is 2. The largest absolute Gasteiger partial charge is 0.481 e. The van der Waals surface area contributed by atoms with Gasteiger partial charge in [-0.2, -0.15) is 0 Å². The van der Waals surface area contributed by atoms with Gasteiger partial charge in [0.05, 0.1) is 11.8 Å². The molecule has 1 aromatic carbocycles. The molecule has 1 amide bonds. The first-order valence-corrected chi connectivity index (χ1v) is 7.84. The first-order chi connectivity index (χ1) is 10.8.